The maximum atomic E-state index is 13.7. The highest BCUT2D eigenvalue weighted by Crippen LogP contribution is 2.14. The molecule has 0 saturated carbocycles. The second kappa shape index (κ2) is 10.3. The van der Waals surface area contributed by atoms with E-state index in [1.54, 1.807) is 12.1 Å². The Bertz CT molecular complexity index is 358. The van der Waals surface area contributed by atoms with Gasteiger partial charge in [-0.2, -0.15) is 0 Å². The standard InChI is InChI=1S/C12H19FN4.C2H6/c1-9-3-5-10(6-4-9)11(13)16-7-2-8-17-12(14)15;1-2/h3-6,11,16H,2,7-8H2,1H3,(H4,14,15,17);1-2H3. The lowest BCUT2D eigenvalue weighted by molar-refractivity contribution is 0.280. The zero-order valence-corrected chi connectivity index (χ0v) is 12.0. The Morgan fingerprint density at radius 3 is 2.37 bits per heavy atom. The van der Waals surface area contributed by atoms with Crippen LogP contribution in [0.4, 0.5) is 4.39 Å². The number of halogens is 1. The van der Waals surface area contributed by atoms with Gasteiger partial charge in [0.2, 0.25) is 0 Å². The summed E-state index contributed by atoms with van der Waals surface area (Å²) in [6.07, 6.45) is -0.445. The van der Waals surface area contributed by atoms with Crippen LogP contribution in [0.1, 0.15) is 37.7 Å². The molecule has 0 saturated heterocycles. The van der Waals surface area contributed by atoms with Gasteiger partial charge in [0.05, 0.1) is 0 Å². The van der Waals surface area contributed by atoms with E-state index in [-0.39, 0.29) is 5.96 Å². The van der Waals surface area contributed by atoms with Gasteiger partial charge in [-0.05, 0) is 19.9 Å². The Morgan fingerprint density at radius 2 is 1.84 bits per heavy atom. The summed E-state index contributed by atoms with van der Waals surface area (Å²) in [6.45, 7) is 7.02. The molecule has 0 fully saturated rings. The van der Waals surface area contributed by atoms with Crippen LogP contribution in [0.15, 0.2) is 29.3 Å². The molecule has 0 aliphatic heterocycles. The van der Waals surface area contributed by atoms with E-state index in [1.165, 1.54) is 0 Å². The smallest absolute Gasteiger partial charge is 0.185 e. The molecule has 1 atom stereocenters. The first kappa shape index (κ1) is 17.4. The fourth-order valence-corrected chi connectivity index (χ4v) is 1.37. The summed E-state index contributed by atoms with van der Waals surface area (Å²) in [4.78, 5) is 3.82. The van der Waals surface area contributed by atoms with Crippen LogP contribution in [-0.2, 0) is 0 Å². The van der Waals surface area contributed by atoms with Gasteiger partial charge in [0, 0.05) is 12.1 Å². The number of nitrogens with one attached hydrogen (secondary N) is 1. The molecule has 0 radical (unpaired) electrons. The minimum Gasteiger partial charge on any atom is -0.370 e. The van der Waals surface area contributed by atoms with Crippen molar-refractivity contribution in [2.24, 2.45) is 16.5 Å². The summed E-state index contributed by atoms with van der Waals surface area (Å²) in [6, 6.07) is 7.35. The zero-order valence-electron chi connectivity index (χ0n) is 12.0. The number of nitrogens with two attached hydrogens (primary N) is 2. The Morgan fingerprint density at radius 1 is 1.26 bits per heavy atom. The van der Waals surface area contributed by atoms with E-state index in [1.807, 2.05) is 32.9 Å². The fourth-order valence-electron chi connectivity index (χ4n) is 1.37. The van der Waals surface area contributed by atoms with Crippen LogP contribution in [0.5, 0.6) is 0 Å². The SMILES string of the molecule is CC.Cc1ccc(C(F)NCCCN=C(N)N)cc1. The van der Waals surface area contributed by atoms with Gasteiger partial charge in [0.25, 0.3) is 0 Å². The molecular formula is C14H25FN4. The maximum absolute atomic E-state index is 13.7. The largest absolute Gasteiger partial charge is 0.370 e. The molecule has 19 heavy (non-hydrogen) atoms. The molecule has 5 N–H and O–H groups in total. The van der Waals surface area contributed by atoms with Crippen molar-refractivity contribution in [3.63, 3.8) is 0 Å². The molecule has 0 heterocycles. The second-order valence-corrected chi connectivity index (χ2v) is 3.89. The van der Waals surface area contributed by atoms with E-state index in [0.717, 1.165) is 5.56 Å². The lowest BCUT2D eigenvalue weighted by atomic mass is 10.1. The normalized spacial score (nSPS) is 11.2. The second-order valence-electron chi connectivity index (χ2n) is 3.89. The third-order valence-corrected chi connectivity index (χ3v) is 2.32. The summed E-state index contributed by atoms with van der Waals surface area (Å²) < 4.78 is 13.7. The third-order valence-electron chi connectivity index (χ3n) is 2.32. The molecule has 108 valence electrons. The van der Waals surface area contributed by atoms with Crippen LogP contribution in [0.25, 0.3) is 0 Å². The Balaban J connectivity index is 0.00000154. The van der Waals surface area contributed by atoms with Gasteiger partial charge in [-0.25, -0.2) is 4.39 Å². The number of nitrogens with zero attached hydrogens (tertiary/aromatic N) is 1. The summed E-state index contributed by atoms with van der Waals surface area (Å²) in [5.74, 6) is 0.0698. The monoisotopic (exact) mass is 268 g/mol. The minimum atomic E-state index is -1.14. The van der Waals surface area contributed by atoms with Crippen LogP contribution >= 0.6 is 0 Å². The van der Waals surface area contributed by atoms with Crippen LogP contribution in [0.3, 0.4) is 0 Å². The summed E-state index contributed by atoms with van der Waals surface area (Å²) >= 11 is 0. The van der Waals surface area contributed by atoms with Gasteiger partial charge in [-0.15, -0.1) is 0 Å². The molecule has 5 heteroatoms. The van der Waals surface area contributed by atoms with E-state index in [9.17, 15) is 4.39 Å². The molecule has 0 spiro atoms. The number of alkyl halides is 1. The first-order chi connectivity index (χ1) is 9.09. The van der Waals surface area contributed by atoms with Crippen molar-refractivity contribution in [2.75, 3.05) is 13.1 Å². The molecular weight excluding hydrogens is 243 g/mol. The quantitative estimate of drug-likeness (QED) is 0.320. The van der Waals surface area contributed by atoms with Gasteiger partial charge in [-0.1, -0.05) is 43.7 Å². The van der Waals surface area contributed by atoms with E-state index >= 15 is 0 Å². The van der Waals surface area contributed by atoms with Crippen molar-refractivity contribution >= 4 is 5.96 Å². The minimum absolute atomic E-state index is 0.0698. The number of guanidine groups is 1. The fraction of sp³-hybridized carbons (Fsp3) is 0.500. The molecule has 1 aromatic carbocycles. The molecule has 1 rings (SSSR count). The number of aliphatic imine (C=N–C) groups is 1. The van der Waals surface area contributed by atoms with Crippen LogP contribution in [-0.4, -0.2) is 19.0 Å². The molecule has 1 aromatic rings. The van der Waals surface area contributed by atoms with E-state index < -0.39 is 6.30 Å². The predicted octanol–water partition coefficient (Wildman–Crippen LogP) is 2.24. The van der Waals surface area contributed by atoms with E-state index in [2.05, 4.69) is 10.3 Å². The van der Waals surface area contributed by atoms with Crippen molar-refractivity contribution in [3.8, 4) is 0 Å². The zero-order chi connectivity index (χ0) is 14.7. The summed E-state index contributed by atoms with van der Waals surface area (Å²) in [7, 11) is 0. The van der Waals surface area contributed by atoms with E-state index in [4.69, 9.17) is 11.5 Å². The molecule has 0 amide bonds. The Hall–Kier alpha value is -1.62. The van der Waals surface area contributed by atoms with Gasteiger partial charge in [0.15, 0.2) is 12.3 Å². The summed E-state index contributed by atoms with van der Waals surface area (Å²) in [5, 5.41) is 2.77. The van der Waals surface area contributed by atoms with Crippen LogP contribution < -0.4 is 16.8 Å². The first-order valence-corrected chi connectivity index (χ1v) is 6.59. The lowest BCUT2D eigenvalue weighted by Crippen LogP contribution is -2.24. The number of hydrogen-bond donors (Lipinski definition) is 3. The topological polar surface area (TPSA) is 76.4 Å². The van der Waals surface area contributed by atoms with Gasteiger partial charge in [0.1, 0.15) is 0 Å². The van der Waals surface area contributed by atoms with Crippen molar-refractivity contribution < 1.29 is 4.39 Å². The highest BCUT2D eigenvalue weighted by molar-refractivity contribution is 5.75. The Kier molecular flexibility index (Phi) is 9.44. The van der Waals surface area contributed by atoms with Crippen molar-refractivity contribution in [3.05, 3.63) is 35.4 Å². The molecule has 0 aliphatic carbocycles. The Labute approximate surface area is 115 Å². The van der Waals surface area contributed by atoms with E-state index in [0.29, 0.717) is 25.1 Å². The maximum Gasteiger partial charge on any atom is 0.185 e. The molecule has 0 bridgehead atoms. The highest BCUT2D eigenvalue weighted by Gasteiger charge is 2.07. The average molecular weight is 268 g/mol. The van der Waals surface area contributed by atoms with Gasteiger partial charge in [-0.3, -0.25) is 10.3 Å². The average Bonchev–Trinajstić information content (AvgIpc) is 2.41. The highest BCUT2D eigenvalue weighted by atomic mass is 19.1. The predicted molar refractivity (Wildman–Crippen MR) is 79.7 cm³/mol. The van der Waals surface area contributed by atoms with Crippen molar-refractivity contribution in [2.45, 2.75) is 33.5 Å². The number of rotatable bonds is 6. The molecule has 1 unspecified atom stereocenters. The van der Waals surface area contributed by atoms with Crippen LogP contribution in [0.2, 0.25) is 0 Å². The lowest BCUT2D eigenvalue weighted by Gasteiger charge is -2.10. The number of aryl methyl sites for hydroxylation is 1. The van der Waals surface area contributed by atoms with Crippen molar-refractivity contribution in [1.82, 2.24) is 5.32 Å². The molecule has 0 aliphatic rings. The number of benzene rings is 1. The van der Waals surface area contributed by atoms with Crippen molar-refractivity contribution in [1.29, 1.82) is 0 Å². The molecule has 0 aromatic heterocycles. The summed E-state index contributed by atoms with van der Waals surface area (Å²) in [5.41, 5.74) is 12.1. The van der Waals surface area contributed by atoms with Crippen LogP contribution in [0, 0.1) is 6.92 Å². The number of hydrogen-bond acceptors (Lipinski definition) is 2. The third kappa shape index (κ3) is 8.15. The van der Waals surface area contributed by atoms with Gasteiger partial charge >= 0.3 is 0 Å². The molecule has 4 nitrogen and oxygen atoms in total. The van der Waals surface area contributed by atoms with Gasteiger partial charge < -0.3 is 11.5 Å². The first-order valence-electron chi connectivity index (χ1n) is 6.59.